The van der Waals surface area contributed by atoms with E-state index in [-0.39, 0.29) is 11.8 Å². The van der Waals surface area contributed by atoms with Crippen LogP contribution in [0.4, 0.5) is 0 Å². The molecular weight excluding hydrogens is 372 g/mol. The summed E-state index contributed by atoms with van der Waals surface area (Å²) in [7, 11) is 3.48. The summed E-state index contributed by atoms with van der Waals surface area (Å²) in [6.45, 7) is 3.95. The quantitative estimate of drug-likeness (QED) is 0.699. The van der Waals surface area contributed by atoms with E-state index in [4.69, 9.17) is 0 Å². The van der Waals surface area contributed by atoms with Crippen molar-refractivity contribution in [1.29, 1.82) is 0 Å². The number of thioether (sulfide) groups is 1. The molecule has 1 aliphatic rings. The van der Waals surface area contributed by atoms with Crippen molar-refractivity contribution in [2.24, 2.45) is 0 Å². The molecule has 0 saturated carbocycles. The molecule has 2 heterocycles. The molecule has 0 atom stereocenters. The molecule has 0 unspecified atom stereocenters. The van der Waals surface area contributed by atoms with Gasteiger partial charge in [0.25, 0.3) is 5.91 Å². The van der Waals surface area contributed by atoms with Crippen molar-refractivity contribution in [3.8, 4) is 0 Å². The summed E-state index contributed by atoms with van der Waals surface area (Å²) < 4.78 is 0. The van der Waals surface area contributed by atoms with E-state index < -0.39 is 0 Å². The molecule has 0 radical (unpaired) electrons. The largest absolute Gasteiger partial charge is 0.348 e. The van der Waals surface area contributed by atoms with Gasteiger partial charge in [-0.25, -0.2) is 0 Å². The van der Waals surface area contributed by atoms with Crippen molar-refractivity contribution in [3.05, 3.63) is 59.9 Å². The van der Waals surface area contributed by atoms with Gasteiger partial charge in [0.2, 0.25) is 5.91 Å². The third-order valence-electron chi connectivity index (χ3n) is 4.76. The average Bonchev–Trinajstić information content (AvgIpc) is 2.73. The lowest BCUT2D eigenvalue weighted by atomic mass is 10.1. The number of carbonyl (C=O) groups excluding carboxylic acids is 2. The van der Waals surface area contributed by atoms with Crippen molar-refractivity contribution in [2.75, 3.05) is 46.0 Å². The second kappa shape index (κ2) is 9.71. The minimum atomic E-state index is 0.0382. The van der Waals surface area contributed by atoms with Gasteiger partial charge >= 0.3 is 0 Å². The fourth-order valence-corrected chi connectivity index (χ4v) is 4.09. The number of amides is 2. The van der Waals surface area contributed by atoms with Gasteiger partial charge in [-0.3, -0.25) is 19.5 Å². The van der Waals surface area contributed by atoms with Gasteiger partial charge in [-0.15, -0.1) is 11.8 Å². The molecule has 0 bridgehead atoms. The highest BCUT2D eigenvalue weighted by atomic mass is 32.2. The molecule has 3 rings (SSSR count). The summed E-state index contributed by atoms with van der Waals surface area (Å²) in [5.41, 5.74) is 1.87. The highest BCUT2D eigenvalue weighted by Crippen LogP contribution is 2.24. The molecule has 2 aromatic rings. The lowest BCUT2D eigenvalue weighted by Crippen LogP contribution is -2.48. The SMILES string of the molecule is CN(C)C(=O)CSc1ccccc1C(=O)N1CCN(Cc2cccnc2)CC1. The van der Waals surface area contributed by atoms with E-state index in [1.54, 1.807) is 25.2 Å². The van der Waals surface area contributed by atoms with E-state index >= 15 is 0 Å². The lowest BCUT2D eigenvalue weighted by Gasteiger charge is -2.35. The van der Waals surface area contributed by atoms with E-state index in [1.165, 1.54) is 17.3 Å². The molecule has 1 aliphatic heterocycles. The van der Waals surface area contributed by atoms with Gasteiger partial charge < -0.3 is 9.80 Å². The molecule has 0 N–H and O–H groups in total. The predicted molar refractivity (Wildman–Crippen MR) is 111 cm³/mol. The maximum absolute atomic E-state index is 13.1. The van der Waals surface area contributed by atoms with Crippen LogP contribution in [0.3, 0.4) is 0 Å². The number of benzene rings is 1. The first-order chi connectivity index (χ1) is 13.5. The van der Waals surface area contributed by atoms with Crippen LogP contribution in [0.5, 0.6) is 0 Å². The molecule has 1 fully saturated rings. The smallest absolute Gasteiger partial charge is 0.255 e. The summed E-state index contributed by atoms with van der Waals surface area (Å²) in [5.74, 6) is 0.411. The fourth-order valence-electron chi connectivity index (χ4n) is 3.07. The van der Waals surface area contributed by atoms with Crippen LogP contribution in [0.25, 0.3) is 0 Å². The van der Waals surface area contributed by atoms with E-state index in [0.29, 0.717) is 24.4 Å². The summed E-state index contributed by atoms with van der Waals surface area (Å²) in [5, 5.41) is 0. The zero-order chi connectivity index (χ0) is 19.9. The van der Waals surface area contributed by atoms with Gasteiger partial charge in [-0.2, -0.15) is 0 Å². The van der Waals surface area contributed by atoms with Crippen molar-refractivity contribution in [1.82, 2.24) is 19.7 Å². The third-order valence-corrected chi connectivity index (χ3v) is 5.81. The van der Waals surface area contributed by atoms with Crippen LogP contribution in [0, 0.1) is 0 Å². The number of rotatable bonds is 6. The van der Waals surface area contributed by atoms with Gasteiger partial charge in [0.05, 0.1) is 11.3 Å². The van der Waals surface area contributed by atoms with Crippen molar-refractivity contribution in [2.45, 2.75) is 11.4 Å². The number of carbonyl (C=O) groups is 2. The van der Waals surface area contributed by atoms with Crippen LogP contribution in [-0.4, -0.2) is 77.5 Å². The molecule has 148 valence electrons. The van der Waals surface area contributed by atoms with E-state index in [2.05, 4.69) is 16.0 Å². The molecular formula is C21H26N4O2S. The molecule has 6 nitrogen and oxygen atoms in total. The maximum atomic E-state index is 13.1. The highest BCUT2D eigenvalue weighted by molar-refractivity contribution is 8.00. The van der Waals surface area contributed by atoms with E-state index in [1.807, 2.05) is 41.4 Å². The first-order valence-corrected chi connectivity index (χ1v) is 10.4. The molecule has 0 aliphatic carbocycles. The zero-order valence-electron chi connectivity index (χ0n) is 16.4. The summed E-state index contributed by atoms with van der Waals surface area (Å²) in [4.78, 5) is 35.8. The van der Waals surface area contributed by atoms with Gasteiger partial charge in [-0.05, 0) is 23.8 Å². The molecule has 28 heavy (non-hydrogen) atoms. The van der Waals surface area contributed by atoms with Crippen molar-refractivity contribution < 1.29 is 9.59 Å². The summed E-state index contributed by atoms with van der Waals surface area (Å²) in [6.07, 6.45) is 3.67. The molecule has 7 heteroatoms. The Hall–Kier alpha value is -2.38. The first kappa shape index (κ1) is 20.4. The van der Waals surface area contributed by atoms with E-state index in [9.17, 15) is 9.59 Å². The second-order valence-electron chi connectivity index (χ2n) is 7.00. The highest BCUT2D eigenvalue weighted by Gasteiger charge is 2.24. The molecule has 2 amide bonds. The van der Waals surface area contributed by atoms with Crippen LogP contribution in [0.2, 0.25) is 0 Å². The van der Waals surface area contributed by atoms with Crippen molar-refractivity contribution in [3.63, 3.8) is 0 Å². The Bertz CT molecular complexity index is 805. The van der Waals surface area contributed by atoms with Gasteiger partial charge in [-0.1, -0.05) is 18.2 Å². The topological polar surface area (TPSA) is 56.8 Å². The standard InChI is InChI=1S/C21H26N4O2S/c1-23(2)20(26)16-28-19-8-4-3-7-18(19)21(27)25-12-10-24(11-13-25)15-17-6-5-9-22-14-17/h3-9,14H,10-13,15-16H2,1-2H3. The van der Waals surface area contributed by atoms with E-state index in [0.717, 1.165) is 24.5 Å². The number of pyridine rings is 1. The Morgan fingerprint density at radius 3 is 2.50 bits per heavy atom. The third kappa shape index (κ3) is 5.33. The fraction of sp³-hybridized carbons (Fsp3) is 0.381. The van der Waals surface area contributed by atoms with Crippen LogP contribution < -0.4 is 0 Å². The number of piperazine rings is 1. The predicted octanol–water partition coefficient (Wildman–Crippen LogP) is 2.22. The van der Waals surface area contributed by atoms with Crippen LogP contribution in [0.15, 0.2) is 53.7 Å². The van der Waals surface area contributed by atoms with Crippen LogP contribution >= 0.6 is 11.8 Å². The average molecular weight is 399 g/mol. The maximum Gasteiger partial charge on any atom is 0.255 e. The Balaban J connectivity index is 1.58. The Morgan fingerprint density at radius 2 is 1.82 bits per heavy atom. The Kier molecular flexibility index (Phi) is 7.06. The van der Waals surface area contributed by atoms with Crippen LogP contribution in [0.1, 0.15) is 15.9 Å². The molecule has 1 aromatic carbocycles. The number of hydrogen-bond acceptors (Lipinski definition) is 5. The monoisotopic (exact) mass is 398 g/mol. The van der Waals surface area contributed by atoms with Gasteiger partial charge in [0, 0.05) is 64.1 Å². The minimum absolute atomic E-state index is 0.0382. The molecule has 1 aromatic heterocycles. The zero-order valence-corrected chi connectivity index (χ0v) is 17.2. The number of nitrogens with zero attached hydrogens (tertiary/aromatic N) is 4. The van der Waals surface area contributed by atoms with Crippen LogP contribution in [-0.2, 0) is 11.3 Å². The van der Waals surface area contributed by atoms with Gasteiger partial charge in [0.1, 0.15) is 0 Å². The Labute approximate surface area is 170 Å². The lowest BCUT2D eigenvalue weighted by molar-refractivity contribution is -0.125. The second-order valence-corrected chi connectivity index (χ2v) is 8.02. The summed E-state index contributed by atoms with van der Waals surface area (Å²) >= 11 is 1.42. The van der Waals surface area contributed by atoms with Crippen molar-refractivity contribution >= 4 is 23.6 Å². The number of aromatic nitrogens is 1. The first-order valence-electron chi connectivity index (χ1n) is 9.37. The number of hydrogen-bond donors (Lipinski definition) is 0. The minimum Gasteiger partial charge on any atom is -0.348 e. The Morgan fingerprint density at radius 1 is 1.07 bits per heavy atom. The summed E-state index contributed by atoms with van der Waals surface area (Å²) in [6, 6.07) is 11.6. The van der Waals surface area contributed by atoms with Gasteiger partial charge in [0.15, 0.2) is 0 Å². The normalized spacial score (nSPS) is 14.7. The molecule has 1 saturated heterocycles. The molecule has 0 spiro atoms.